The van der Waals surface area contributed by atoms with Crippen molar-refractivity contribution in [2.75, 3.05) is 13.7 Å². The molecule has 9 heteroatoms. The van der Waals surface area contributed by atoms with Crippen LogP contribution >= 0.6 is 0 Å². The summed E-state index contributed by atoms with van der Waals surface area (Å²) < 4.78 is 33.5. The zero-order valence-electron chi connectivity index (χ0n) is 15.9. The standard InChI is InChI=1S/C21H16FN3O5/c1-27-18-12-14(2-8-17(18)28-11-10-23)3-9-20(26)29-13-19-24-21(25-30-19)15-4-6-16(22)7-5-15/h2-9,12H,11,13H2,1H3/b9-3+. The topological polar surface area (TPSA) is 107 Å². The monoisotopic (exact) mass is 409 g/mol. The van der Waals surface area contributed by atoms with Crippen LogP contribution in [0.1, 0.15) is 11.5 Å². The predicted molar refractivity (Wildman–Crippen MR) is 103 cm³/mol. The van der Waals surface area contributed by atoms with Crippen LogP contribution in [-0.4, -0.2) is 29.8 Å². The minimum atomic E-state index is -0.611. The van der Waals surface area contributed by atoms with Gasteiger partial charge in [-0.05, 0) is 48.0 Å². The molecule has 0 amide bonds. The molecule has 0 radical (unpaired) electrons. The van der Waals surface area contributed by atoms with E-state index in [1.807, 2.05) is 6.07 Å². The van der Waals surface area contributed by atoms with Crippen molar-refractivity contribution in [3.63, 3.8) is 0 Å². The molecule has 3 aromatic rings. The number of hydrogen-bond acceptors (Lipinski definition) is 8. The van der Waals surface area contributed by atoms with Crippen molar-refractivity contribution >= 4 is 12.0 Å². The maximum Gasteiger partial charge on any atom is 0.331 e. The molecule has 0 bridgehead atoms. The molecule has 1 heterocycles. The van der Waals surface area contributed by atoms with Gasteiger partial charge < -0.3 is 18.7 Å². The summed E-state index contributed by atoms with van der Waals surface area (Å²) in [5.41, 5.74) is 1.25. The van der Waals surface area contributed by atoms with Crippen LogP contribution in [0.25, 0.3) is 17.5 Å². The fourth-order valence-electron chi connectivity index (χ4n) is 2.39. The summed E-state index contributed by atoms with van der Waals surface area (Å²) in [5, 5.41) is 12.4. The van der Waals surface area contributed by atoms with Gasteiger partial charge in [0.1, 0.15) is 11.9 Å². The number of rotatable bonds is 8. The van der Waals surface area contributed by atoms with E-state index in [9.17, 15) is 9.18 Å². The van der Waals surface area contributed by atoms with E-state index in [1.165, 1.54) is 43.5 Å². The van der Waals surface area contributed by atoms with Crippen molar-refractivity contribution in [3.05, 3.63) is 65.8 Å². The Morgan fingerprint density at radius 2 is 2.03 bits per heavy atom. The van der Waals surface area contributed by atoms with Crippen LogP contribution in [0, 0.1) is 17.1 Å². The number of hydrogen-bond donors (Lipinski definition) is 0. The van der Waals surface area contributed by atoms with E-state index in [1.54, 1.807) is 18.2 Å². The van der Waals surface area contributed by atoms with Crippen LogP contribution in [0.15, 0.2) is 53.1 Å². The third-order valence-electron chi connectivity index (χ3n) is 3.80. The molecular weight excluding hydrogens is 393 g/mol. The Hall–Kier alpha value is -4.19. The molecule has 8 nitrogen and oxygen atoms in total. The van der Waals surface area contributed by atoms with Crippen LogP contribution < -0.4 is 9.47 Å². The van der Waals surface area contributed by atoms with Crippen molar-refractivity contribution in [3.8, 4) is 29.0 Å². The van der Waals surface area contributed by atoms with Gasteiger partial charge in [-0.3, -0.25) is 0 Å². The van der Waals surface area contributed by atoms with Gasteiger partial charge in [-0.2, -0.15) is 10.2 Å². The first-order valence-corrected chi connectivity index (χ1v) is 8.70. The second-order valence-electron chi connectivity index (χ2n) is 5.82. The molecule has 0 aliphatic rings. The zero-order valence-corrected chi connectivity index (χ0v) is 15.9. The number of halogens is 1. The van der Waals surface area contributed by atoms with E-state index < -0.39 is 5.97 Å². The van der Waals surface area contributed by atoms with Gasteiger partial charge in [0.15, 0.2) is 24.7 Å². The first-order valence-electron chi connectivity index (χ1n) is 8.70. The lowest BCUT2D eigenvalue weighted by Gasteiger charge is -2.08. The highest BCUT2D eigenvalue weighted by Gasteiger charge is 2.10. The summed E-state index contributed by atoms with van der Waals surface area (Å²) in [4.78, 5) is 16.0. The van der Waals surface area contributed by atoms with Crippen LogP contribution in [0.3, 0.4) is 0 Å². The van der Waals surface area contributed by atoms with E-state index >= 15 is 0 Å². The quantitative estimate of drug-likeness (QED) is 0.411. The molecule has 0 aliphatic heterocycles. The minimum absolute atomic E-state index is 0.101. The first kappa shape index (κ1) is 20.5. The van der Waals surface area contributed by atoms with Gasteiger partial charge in [0.25, 0.3) is 5.89 Å². The fraction of sp³-hybridized carbons (Fsp3) is 0.143. The van der Waals surface area contributed by atoms with Gasteiger partial charge >= 0.3 is 5.97 Å². The molecule has 2 aromatic carbocycles. The molecule has 30 heavy (non-hydrogen) atoms. The van der Waals surface area contributed by atoms with Gasteiger partial charge in [-0.25, -0.2) is 9.18 Å². The number of carbonyl (C=O) groups excluding carboxylic acids is 1. The summed E-state index contributed by atoms with van der Waals surface area (Å²) in [7, 11) is 1.47. The molecule has 1 aromatic heterocycles. The third-order valence-corrected chi connectivity index (χ3v) is 3.80. The van der Waals surface area contributed by atoms with Crippen LogP contribution in [-0.2, 0) is 16.1 Å². The Kier molecular flexibility index (Phi) is 6.74. The number of carbonyl (C=O) groups is 1. The molecule has 152 valence electrons. The molecule has 0 saturated carbocycles. The van der Waals surface area contributed by atoms with E-state index in [4.69, 9.17) is 24.0 Å². The summed E-state index contributed by atoms with van der Waals surface area (Å²) in [6.45, 7) is -0.307. The number of aromatic nitrogens is 2. The van der Waals surface area contributed by atoms with Crippen molar-refractivity contribution in [1.82, 2.24) is 10.1 Å². The summed E-state index contributed by atoms with van der Waals surface area (Å²) >= 11 is 0. The molecule has 0 N–H and O–H groups in total. The van der Waals surface area contributed by atoms with Gasteiger partial charge in [0.2, 0.25) is 5.82 Å². The van der Waals surface area contributed by atoms with Crippen LogP contribution in [0.2, 0.25) is 0 Å². The fourth-order valence-corrected chi connectivity index (χ4v) is 2.39. The molecule has 0 spiro atoms. The maximum absolute atomic E-state index is 13.0. The lowest BCUT2D eigenvalue weighted by molar-refractivity contribution is -0.139. The maximum atomic E-state index is 13.0. The summed E-state index contributed by atoms with van der Waals surface area (Å²) in [6, 6.07) is 12.5. The van der Waals surface area contributed by atoms with E-state index in [0.29, 0.717) is 22.6 Å². The number of esters is 1. The Morgan fingerprint density at radius 1 is 1.23 bits per heavy atom. The number of ether oxygens (including phenoxy) is 3. The molecule has 0 unspecified atom stereocenters. The normalized spacial score (nSPS) is 10.6. The van der Waals surface area contributed by atoms with Gasteiger partial charge in [0.05, 0.1) is 7.11 Å². The van der Waals surface area contributed by atoms with E-state index in [-0.39, 0.29) is 30.7 Å². The van der Waals surface area contributed by atoms with Crippen LogP contribution in [0.4, 0.5) is 4.39 Å². The number of nitriles is 1. The highest BCUT2D eigenvalue weighted by molar-refractivity contribution is 5.87. The second kappa shape index (κ2) is 9.84. The van der Waals surface area contributed by atoms with E-state index in [0.717, 1.165) is 0 Å². The summed E-state index contributed by atoms with van der Waals surface area (Å²) in [5.74, 6) is 0.247. The average molecular weight is 409 g/mol. The van der Waals surface area contributed by atoms with E-state index in [2.05, 4.69) is 10.1 Å². The molecule has 0 atom stereocenters. The highest BCUT2D eigenvalue weighted by Crippen LogP contribution is 2.28. The molecular formula is C21H16FN3O5. The molecule has 3 rings (SSSR count). The zero-order chi connectivity index (χ0) is 21.3. The first-order chi connectivity index (χ1) is 14.6. The predicted octanol–water partition coefficient (Wildman–Crippen LogP) is 3.54. The lowest BCUT2D eigenvalue weighted by atomic mass is 10.2. The molecule has 0 saturated heterocycles. The highest BCUT2D eigenvalue weighted by atomic mass is 19.1. The Bertz CT molecular complexity index is 1090. The average Bonchev–Trinajstić information content (AvgIpc) is 3.24. The number of nitrogens with zero attached hydrogens (tertiary/aromatic N) is 3. The van der Waals surface area contributed by atoms with Crippen molar-refractivity contribution < 1.29 is 27.9 Å². The van der Waals surface area contributed by atoms with Gasteiger partial charge in [0, 0.05) is 11.6 Å². The number of methoxy groups -OCH3 is 1. The smallest absolute Gasteiger partial charge is 0.331 e. The second-order valence-corrected chi connectivity index (χ2v) is 5.82. The number of benzene rings is 2. The van der Waals surface area contributed by atoms with Crippen molar-refractivity contribution in [1.29, 1.82) is 5.26 Å². The van der Waals surface area contributed by atoms with Crippen LogP contribution in [0.5, 0.6) is 11.5 Å². The minimum Gasteiger partial charge on any atom is -0.493 e. The Morgan fingerprint density at radius 3 is 2.77 bits per heavy atom. The lowest BCUT2D eigenvalue weighted by Crippen LogP contribution is -2.01. The van der Waals surface area contributed by atoms with Crippen molar-refractivity contribution in [2.45, 2.75) is 6.61 Å². The molecule has 0 aliphatic carbocycles. The largest absolute Gasteiger partial charge is 0.493 e. The Balaban J connectivity index is 1.56. The Labute approximate surface area is 171 Å². The summed E-state index contributed by atoms with van der Waals surface area (Å²) in [6.07, 6.45) is 2.78. The third kappa shape index (κ3) is 5.42. The van der Waals surface area contributed by atoms with Gasteiger partial charge in [-0.15, -0.1) is 0 Å². The van der Waals surface area contributed by atoms with Gasteiger partial charge in [-0.1, -0.05) is 11.2 Å². The molecule has 0 fully saturated rings. The SMILES string of the molecule is COc1cc(/C=C/C(=O)OCc2nc(-c3ccc(F)cc3)no2)ccc1OCC#N. The van der Waals surface area contributed by atoms with Crippen molar-refractivity contribution in [2.24, 2.45) is 0 Å².